The largest absolute Gasteiger partial charge is 0.454 e. The molecule has 1 amide bonds. The predicted octanol–water partition coefficient (Wildman–Crippen LogP) is 3.29. The number of ether oxygens (including phenoxy) is 2. The zero-order valence-electron chi connectivity index (χ0n) is 14.7. The average molecular weight is 388 g/mol. The van der Waals surface area contributed by atoms with Crippen LogP contribution in [0.15, 0.2) is 36.4 Å². The summed E-state index contributed by atoms with van der Waals surface area (Å²) in [5.74, 6) is 0.166. The van der Waals surface area contributed by atoms with Crippen LogP contribution in [0.4, 0.5) is 5.69 Å². The van der Waals surface area contributed by atoms with E-state index in [1.54, 1.807) is 36.4 Å². The molecule has 27 heavy (non-hydrogen) atoms. The van der Waals surface area contributed by atoms with Crippen molar-refractivity contribution in [2.45, 2.75) is 25.4 Å². The summed E-state index contributed by atoms with van der Waals surface area (Å²) >= 11 is 6.08. The fourth-order valence-electron chi connectivity index (χ4n) is 3.54. The summed E-state index contributed by atoms with van der Waals surface area (Å²) in [7, 11) is 0. The smallest absolute Gasteiger partial charge is 0.264 e. The lowest BCUT2D eigenvalue weighted by molar-refractivity contribution is -0.135. The van der Waals surface area contributed by atoms with E-state index in [2.05, 4.69) is 0 Å². The number of hydrogen-bond acceptors (Lipinski definition) is 5. The molecule has 0 fully saturated rings. The Balaban J connectivity index is 1.69. The predicted molar refractivity (Wildman–Crippen MR) is 99.5 cm³/mol. The average Bonchev–Trinajstić information content (AvgIpc) is 3.19. The van der Waals surface area contributed by atoms with E-state index in [1.165, 1.54) is 4.90 Å². The summed E-state index contributed by atoms with van der Waals surface area (Å²) < 4.78 is 10.5. The zero-order valence-corrected chi connectivity index (χ0v) is 15.5. The summed E-state index contributed by atoms with van der Waals surface area (Å²) in [6.07, 6.45) is 0.346. The minimum atomic E-state index is -1.94. The topological polar surface area (TPSA) is 76.1 Å². The van der Waals surface area contributed by atoms with Crippen molar-refractivity contribution in [2.24, 2.45) is 0 Å². The molecule has 0 saturated heterocycles. The van der Waals surface area contributed by atoms with Gasteiger partial charge in [-0.3, -0.25) is 9.59 Å². The van der Waals surface area contributed by atoms with Crippen LogP contribution in [-0.4, -0.2) is 30.1 Å². The summed E-state index contributed by atoms with van der Waals surface area (Å²) in [5, 5.41) is 11.6. The van der Waals surface area contributed by atoms with Gasteiger partial charge < -0.3 is 19.5 Å². The molecule has 2 aromatic rings. The van der Waals surface area contributed by atoms with Crippen LogP contribution in [0.25, 0.3) is 0 Å². The van der Waals surface area contributed by atoms with Gasteiger partial charge in [0.05, 0.1) is 12.1 Å². The lowest BCUT2D eigenvalue weighted by atomic mass is 9.88. The van der Waals surface area contributed by atoms with Crippen molar-refractivity contribution in [2.75, 3.05) is 18.2 Å². The number of fused-ring (bicyclic) bond motifs is 2. The Bertz CT molecular complexity index is 944. The van der Waals surface area contributed by atoms with Gasteiger partial charge in [-0.15, -0.1) is 0 Å². The van der Waals surface area contributed by atoms with Crippen molar-refractivity contribution in [3.8, 4) is 11.5 Å². The molecule has 1 N–H and O–H groups in total. The van der Waals surface area contributed by atoms with Crippen LogP contribution >= 0.6 is 11.6 Å². The second kappa shape index (κ2) is 6.55. The number of rotatable bonds is 5. The second-order valence-electron chi connectivity index (χ2n) is 6.65. The highest BCUT2D eigenvalue weighted by Gasteiger charge is 2.50. The molecule has 2 aliphatic rings. The molecular weight excluding hydrogens is 370 g/mol. The molecule has 2 aliphatic heterocycles. The number of ketones is 1. The van der Waals surface area contributed by atoms with Crippen LogP contribution in [0.1, 0.15) is 35.7 Å². The number of amides is 1. The molecule has 140 valence electrons. The number of Topliss-reactive ketones (excluding diaryl/α,β-unsaturated/α-hetero) is 1. The number of carbonyl (C=O) groups excluding carboxylic acids is 2. The normalized spacial score (nSPS) is 20.1. The lowest BCUT2D eigenvalue weighted by Gasteiger charge is -2.22. The number of halogens is 1. The monoisotopic (exact) mass is 387 g/mol. The molecule has 0 aromatic heterocycles. The zero-order chi connectivity index (χ0) is 19.2. The third kappa shape index (κ3) is 2.85. The van der Waals surface area contributed by atoms with Gasteiger partial charge in [-0.05, 0) is 42.8 Å². The number of nitrogens with zero attached hydrogens (tertiary/aromatic N) is 1. The van der Waals surface area contributed by atoms with Crippen LogP contribution in [0, 0.1) is 0 Å². The van der Waals surface area contributed by atoms with Crippen molar-refractivity contribution >= 4 is 29.0 Å². The number of benzene rings is 2. The molecule has 1 unspecified atom stereocenters. The Morgan fingerprint density at radius 3 is 2.78 bits per heavy atom. The van der Waals surface area contributed by atoms with E-state index < -0.39 is 11.5 Å². The second-order valence-corrected chi connectivity index (χ2v) is 7.08. The molecule has 7 heteroatoms. The number of carbonyl (C=O) groups is 2. The first-order valence-electron chi connectivity index (χ1n) is 8.71. The summed E-state index contributed by atoms with van der Waals surface area (Å²) in [5.41, 5.74) is -0.643. The first-order chi connectivity index (χ1) is 12.9. The first kappa shape index (κ1) is 17.8. The third-order valence-electron chi connectivity index (χ3n) is 4.85. The van der Waals surface area contributed by atoms with E-state index in [1.807, 2.05) is 6.92 Å². The fraction of sp³-hybridized carbons (Fsp3) is 0.300. The van der Waals surface area contributed by atoms with Gasteiger partial charge in [0.1, 0.15) is 0 Å². The molecule has 0 saturated carbocycles. The first-order valence-corrected chi connectivity index (χ1v) is 9.09. The maximum atomic E-state index is 13.0. The van der Waals surface area contributed by atoms with Crippen molar-refractivity contribution in [3.05, 3.63) is 52.5 Å². The van der Waals surface area contributed by atoms with Crippen molar-refractivity contribution in [1.29, 1.82) is 0 Å². The Hall–Kier alpha value is -2.57. The molecule has 0 aliphatic carbocycles. The summed E-state index contributed by atoms with van der Waals surface area (Å²) in [4.78, 5) is 27.3. The van der Waals surface area contributed by atoms with Crippen LogP contribution < -0.4 is 14.4 Å². The summed E-state index contributed by atoms with van der Waals surface area (Å²) in [6.45, 7) is 2.50. The molecular formula is C20H18ClNO5. The maximum absolute atomic E-state index is 13.0. The van der Waals surface area contributed by atoms with E-state index >= 15 is 0 Å². The Kier molecular flexibility index (Phi) is 4.32. The molecule has 6 nitrogen and oxygen atoms in total. The van der Waals surface area contributed by atoms with Crippen molar-refractivity contribution in [3.63, 3.8) is 0 Å². The number of anilines is 1. The number of aliphatic hydroxyl groups is 1. The van der Waals surface area contributed by atoms with Crippen LogP contribution in [0.3, 0.4) is 0 Å². The quantitative estimate of drug-likeness (QED) is 0.797. The lowest BCUT2D eigenvalue weighted by Crippen LogP contribution is -2.42. The molecule has 0 radical (unpaired) electrons. The van der Waals surface area contributed by atoms with Crippen molar-refractivity contribution in [1.82, 2.24) is 0 Å². The summed E-state index contributed by atoms with van der Waals surface area (Å²) in [6, 6.07) is 9.73. The van der Waals surface area contributed by atoms with Crippen LogP contribution in [-0.2, 0) is 10.4 Å². The van der Waals surface area contributed by atoms with Gasteiger partial charge in [-0.25, -0.2) is 0 Å². The minimum Gasteiger partial charge on any atom is -0.454 e. The van der Waals surface area contributed by atoms with Gasteiger partial charge in [0.2, 0.25) is 6.79 Å². The van der Waals surface area contributed by atoms with E-state index in [4.69, 9.17) is 21.1 Å². The van der Waals surface area contributed by atoms with Gasteiger partial charge in [0.15, 0.2) is 22.9 Å². The standard InChI is InChI=1S/C20H18ClNO5/c1-2-7-22-15-5-4-13(21)9-14(15)20(25,19(22)24)10-16(23)12-3-6-17-18(8-12)27-11-26-17/h3-6,8-9,25H,2,7,10-11H2,1H3. The van der Waals surface area contributed by atoms with Gasteiger partial charge in [0.25, 0.3) is 5.91 Å². The van der Waals surface area contributed by atoms with E-state index in [-0.39, 0.29) is 19.0 Å². The minimum absolute atomic E-state index is 0.104. The van der Waals surface area contributed by atoms with E-state index in [0.717, 1.165) is 6.42 Å². The molecule has 2 aromatic carbocycles. The molecule has 1 atom stereocenters. The highest BCUT2D eigenvalue weighted by Crippen LogP contribution is 2.44. The van der Waals surface area contributed by atoms with E-state index in [9.17, 15) is 14.7 Å². The third-order valence-corrected chi connectivity index (χ3v) is 5.09. The highest BCUT2D eigenvalue weighted by molar-refractivity contribution is 6.31. The van der Waals surface area contributed by atoms with Crippen molar-refractivity contribution < 1.29 is 24.2 Å². The SMILES string of the molecule is CCCN1C(=O)C(O)(CC(=O)c2ccc3c(c2)OCO3)c2cc(Cl)ccc21. The van der Waals surface area contributed by atoms with Gasteiger partial charge in [0, 0.05) is 22.7 Å². The number of hydrogen-bond donors (Lipinski definition) is 1. The van der Waals surface area contributed by atoms with Gasteiger partial charge in [-0.2, -0.15) is 0 Å². The van der Waals surface area contributed by atoms with Crippen LogP contribution in [0.2, 0.25) is 5.02 Å². The molecule has 0 bridgehead atoms. The molecule has 0 spiro atoms. The Labute approximate surface area is 161 Å². The van der Waals surface area contributed by atoms with E-state index in [0.29, 0.717) is 39.9 Å². The molecule has 4 rings (SSSR count). The maximum Gasteiger partial charge on any atom is 0.264 e. The highest BCUT2D eigenvalue weighted by atomic mass is 35.5. The Morgan fingerprint density at radius 1 is 1.22 bits per heavy atom. The van der Waals surface area contributed by atoms with Crippen LogP contribution in [0.5, 0.6) is 11.5 Å². The Morgan fingerprint density at radius 2 is 2.00 bits per heavy atom. The van der Waals surface area contributed by atoms with Gasteiger partial charge in [-0.1, -0.05) is 18.5 Å². The molecule has 2 heterocycles. The fourth-order valence-corrected chi connectivity index (χ4v) is 3.72. The van der Waals surface area contributed by atoms with Gasteiger partial charge >= 0.3 is 0 Å².